The Balaban J connectivity index is 2.00. The molecule has 0 radical (unpaired) electrons. The van der Waals surface area contributed by atoms with Crippen LogP contribution in [-0.4, -0.2) is 16.7 Å². The van der Waals surface area contributed by atoms with E-state index < -0.39 is 24.9 Å². The summed E-state index contributed by atoms with van der Waals surface area (Å²) in [5, 5.41) is 4.06. The number of nitrogens with one attached hydrogen (secondary N) is 1. The zero-order valence-electron chi connectivity index (χ0n) is 17.9. The lowest BCUT2D eigenvalue weighted by Gasteiger charge is -2.21. The van der Waals surface area contributed by atoms with Gasteiger partial charge in [-0.1, -0.05) is 60.7 Å². The van der Waals surface area contributed by atoms with Gasteiger partial charge in [-0.2, -0.15) is 0 Å². The summed E-state index contributed by atoms with van der Waals surface area (Å²) in [6, 6.07) is 18.0. The molecule has 1 amide bonds. The number of aryl methyl sites for hydroxylation is 1. The number of alkyl carbamates (subject to hydrolysis) is 1. The number of oxazole rings is 1. The summed E-state index contributed by atoms with van der Waals surface area (Å²) in [6.45, 7) is 8.86. The number of hydrogen-bond acceptors (Lipinski definition) is 5. The van der Waals surface area contributed by atoms with Crippen LogP contribution in [0.15, 0.2) is 65.1 Å². The summed E-state index contributed by atoms with van der Waals surface area (Å²) >= 11 is 0. The number of amides is 1. The van der Waals surface area contributed by atoms with Gasteiger partial charge in [0, 0.05) is 10.6 Å². The standard InChI is InChI=1S/C23H27N2O4P/c1-16(24-22(26)29-23(3,4)5)20-25-21(17(2)28-20)30(27,18-12-8-6-9-13-18)19-14-10-7-11-15-19/h6-16H,1-5H3,(H,24,26)/t16-/m0/s1. The molecule has 0 fully saturated rings. The van der Waals surface area contributed by atoms with Crippen molar-refractivity contribution in [2.75, 3.05) is 0 Å². The summed E-state index contributed by atoms with van der Waals surface area (Å²) in [5.74, 6) is 0.735. The molecule has 0 bridgehead atoms. The van der Waals surface area contributed by atoms with Crippen LogP contribution in [0.2, 0.25) is 0 Å². The minimum atomic E-state index is -3.25. The minimum absolute atomic E-state index is 0.278. The predicted octanol–water partition coefficient (Wildman–Crippen LogP) is 4.21. The van der Waals surface area contributed by atoms with Gasteiger partial charge in [0.05, 0.1) is 0 Å². The van der Waals surface area contributed by atoms with Gasteiger partial charge in [-0.3, -0.25) is 0 Å². The quantitative estimate of drug-likeness (QED) is 0.618. The number of rotatable bonds is 5. The van der Waals surface area contributed by atoms with E-state index in [0.717, 1.165) is 0 Å². The highest BCUT2D eigenvalue weighted by Crippen LogP contribution is 2.43. The first-order valence-corrected chi connectivity index (χ1v) is 11.5. The summed E-state index contributed by atoms with van der Waals surface area (Å²) in [7, 11) is -3.25. The van der Waals surface area contributed by atoms with Crippen molar-refractivity contribution < 1.29 is 18.5 Å². The van der Waals surface area contributed by atoms with E-state index in [1.807, 2.05) is 60.7 Å². The Bertz CT molecular complexity index is 1010. The van der Waals surface area contributed by atoms with E-state index in [-0.39, 0.29) is 5.89 Å². The second-order valence-electron chi connectivity index (χ2n) is 8.08. The van der Waals surface area contributed by atoms with E-state index in [1.165, 1.54) is 0 Å². The van der Waals surface area contributed by atoms with Crippen LogP contribution < -0.4 is 21.4 Å². The molecule has 1 N–H and O–H groups in total. The third-order valence-corrected chi connectivity index (χ3v) is 7.49. The molecule has 0 spiro atoms. The van der Waals surface area contributed by atoms with E-state index >= 15 is 0 Å². The zero-order valence-corrected chi connectivity index (χ0v) is 18.8. The molecule has 1 aromatic heterocycles. The molecule has 6 nitrogen and oxygen atoms in total. The van der Waals surface area contributed by atoms with Crippen molar-refractivity contribution in [2.24, 2.45) is 0 Å². The third kappa shape index (κ3) is 4.65. The van der Waals surface area contributed by atoms with Crippen molar-refractivity contribution in [3.8, 4) is 0 Å². The van der Waals surface area contributed by atoms with Gasteiger partial charge in [0.1, 0.15) is 22.8 Å². The molecule has 30 heavy (non-hydrogen) atoms. The Morgan fingerprint density at radius 1 is 1.03 bits per heavy atom. The van der Waals surface area contributed by atoms with Crippen LogP contribution in [0.4, 0.5) is 4.79 Å². The summed E-state index contributed by atoms with van der Waals surface area (Å²) in [6.07, 6.45) is -0.568. The highest BCUT2D eigenvalue weighted by Gasteiger charge is 2.36. The molecule has 1 heterocycles. The number of ether oxygens (including phenoxy) is 1. The Morgan fingerprint density at radius 2 is 1.53 bits per heavy atom. The topological polar surface area (TPSA) is 81.4 Å². The minimum Gasteiger partial charge on any atom is -0.444 e. The molecule has 0 aliphatic rings. The smallest absolute Gasteiger partial charge is 0.408 e. The van der Waals surface area contributed by atoms with Crippen LogP contribution in [0, 0.1) is 6.92 Å². The van der Waals surface area contributed by atoms with Crippen LogP contribution in [0.3, 0.4) is 0 Å². The predicted molar refractivity (Wildman–Crippen MR) is 118 cm³/mol. The van der Waals surface area contributed by atoms with Gasteiger partial charge in [0.25, 0.3) is 0 Å². The van der Waals surface area contributed by atoms with Crippen LogP contribution >= 0.6 is 7.14 Å². The van der Waals surface area contributed by atoms with E-state index in [0.29, 0.717) is 21.8 Å². The molecule has 0 aliphatic carbocycles. The van der Waals surface area contributed by atoms with Crippen LogP contribution in [0.5, 0.6) is 0 Å². The fourth-order valence-electron chi connectivity index (χ4n) is 3.10. The summed E-state index contributed by atoms with van der Waals surface area (Å²) in [5.41, 5.74) is -0.231. The van der Waals surface area contributed by atoms with Gasteiger partial charge < -0.3 is 19.0 Å². The zero-order chi connectivity index (χ0) is 21.9. The van der Waals surface area contributed by atoms with Gasteiger partial charge in [0.2, 0.25) is 5.89 Å². The van der Waals surface area contributed by atoms with Gasteiger partial charge in [-0.05, 0) is 34.6 Å². The average Bonchev–Trinajstić information content (AvgIpc) is 3.09. The number of hydrogen-bond donors (Lipinski definition) is 1. The molecule has 0 unspecified atom stereocenters. The van der Waals surface area contributed by atoms with Gasteiger partial charge >= 0.3 is 6.09 Å². The number of aromatic nitrogens is 1. The average molecular weight is 426 g/mol. The lowest BCUT2D eigenvalue weighted by Crippen LogP contribution is -2.34. The van der Waals surface area contributed by atoms with Crippen molar-refractivity contribution in [3.05, 3.63) is 72.3 Å². The van der Waals surface area contributed by atoms with Crippen molar-refractivity contribution >= 4 is 29.3 Å². The summed E-state index contributed by atoms with van der Waals surface area (Å²) in [4.78, 5) is 16.7. The van der Waals surface area contributed by atoms with E-state index in [1.54, 1.807) is 34.6 Å². The van der Waals surface area contributed by atoms with Gasteiger partial charge in [-0.25, -0.2) is 9.78 Å². The monoisotopic (exact) mass is 426 g/mol. The highest BCUT2D eigenvalue weighted by molar-refractivity contribution is 7.85. The summed E-state index contributed by atoms with van der Waals surface area (Å²) < 4.78 is 25.6. The Kier molecular flexibility index (Phi) is 6.18. The molecule has 3 rings (SSSR count). The van der Waals surface area contributed by atoms with E-state index in [2.05, 4.69) is 10.3 Å². The molecular weight excluding hydrogens is 399 g/mol. The first kappa shape index (κ1) is 21.8. The number of nitrogens with zero attached hydrogens (tertiary/aromatic N) is 1. The van der Waals surface area contributed by atoms with Crippen LogP contribution in [-0.2, 0) is 9.30 Å². The SMILES string of the molecule is Cc1oc([C@H](C)NC(=O)OC(C)(C)C)nc1P(=O)(c1ccccc1)c1ccccc1. The fourth-order valence-corrected chi connectivity index (χ4v) is 5.80. The van der Waals surface area contributed by atoms with Crippen molar-refractivity contribution in [1.29, 1.82) is 0 Å². The van der Waals surface area contributed by atoms with E-state index in [9.17, 15) is 9.36 Å². The number of benzene rings is 2. The molecule has 7 heteroatoms. The molecule has 0 saturated carbocycles. The molecule has 0 aliphatic heterocycles. The van der Waals surface area contributed by atoms with E-state index in [4.69, 9.17) is 9.15 Å². The fraction of sp³-hybridized carbons (Fsp3) is 0.304. The number of carbonyl (C=O) groups is 1. The van der Waals surface area contributed by atoms with Crippen LogP contribution in [0.25, 0.3) is 0 Å². The molecule has 0 saturated heterocycles. The lowest BCUT2D eigenvalue weighted by atomic mass is 10.2. The van der Waals surface area contributed by atoms with Crippen molar-refractivity contribution in [3.63, 3.8) is 0 Å². The first-order valence-electron chi connectivity index (χ1n) is 9.80. The maximum atomic E-state index is 14.5. The number of carbonyl (C=O) groups excluding carboxylic acids is 1. The lowest BCUT2D eigenvalue weighted by molar-refractivity contribution is 0.0500. The van der Waals surface area contributed by atoms with Crippen LogP contribution in [0.1, 0.15) is 45.4 Å². The molecule has 3 aromatic rings. The molecule has 2 aromatic carbocycles. The normalized spacial score (nSPS) is 13.0. The molecular formula is C23H27N2O4P. The van der Waals surface area contributed by atoms with Gasteiger partial charge in [-0.15, -0.1) is 0 Å². The van der Waals surface area contributed by atoms with Crippen molar-refractivity contribution in [1.82, 2.24) is 10.3 Å². The third-order valence-electron chi connectivity index (χ3n) is 4.43. The Labute approximate surface area is 177 Å². The highest BCUT2D eigenvalue weighted by atomic mass is 31.2. The maximum absolute atomic E-state index is 14.5. The Hall–Kier alpha value is -2.85. The van der Waals surface area contributed by atoms with Gasteiger partial charge in [0.15, 0.2) is 7.14 Å². The second kappa shape index (κ2) is 8.49. The van der Waals surface area contributed by atoms with Crippen molar-refractivity contribution in [2.45, 2.75) is 46.3 Å². The second-order valence-corrected chi connectivity index (χ2v) is 10.8. The Morgan fingerprint density at radius 3 is 2.00 bits per heavy atom. The maximum Gasteiger partial charge on any atom is 0.408 e. The molecule has 1 atom stereocenters. The first-order chi connectivity index (χ1) is 14.1. The largest absolute Gasteiger partial charge is 0.444 e. The molecule has 158 valence electrons.